The lowest BCUT2D eigenvalue weighted by molar-refractivity contribution is 0.647. The molecule has 2 N–H and O–H groups in total. The minimum absolute atomic E-state index is 0.627. The molecule has 18 heavy (non-hydrogen) atoms. The molecule has 0 atom stereocenters. The second-order valence-electron chi connectivity index (χ2n) is 4.83. The SMILES string of the molecule is CC(C)Cc1ccc(-c2nnc(CCN)s2)cc1. The predicted octanol–water partition coefficient (Wildman–Crippen LogP) is 2.90. The Balaban J connectivity index is 2.12. The molecule has 0 saturated heterocycles. The molecule has 0 radical (unpaired) electrons. The van der Waals surface area contributed by atoms with Crippen molar-refractivity contribution in [2.24, 2.45) is 11.7 Å². The van der Waals surface area contributed by atoms with Gasteiger partial charge in [-0.2, -0.15) is 0 Å². The molecule has 1 heterocycles. The summed E-state index contributed by atoms with van der Waals surface area (Å²) in [5.74, 6) is 0.688. The van der Waals surface area contributed by atoms with Crippen LogP contribution >= 0.6 is 11.3 Å². The quantitative estimate of drug-likeness (QED) is 0.900. The molecule has 2 aromatic rings. The molecule has 0 fully saturated rings. The van der Waals surface area contributed by atoms with Crippen LogP contribution in [0.2, 0.25) is 0 Å². The van der Waals surface area contributed by atoms with Crippen molar-refractivity contribution in [3.63, 3.8) is 0 Å². The average Bonchev–Trinajstić information content (AvgIpc) is 2.78. The molecule has 3 nitrogen and oxygen atoms in total. The normalized spacial score (nSPS) is 11.1. The summed E-state index contributed by atoms with van der Waals surface area (Å²) in [5.41, 5.74) is 8.03. The van der Waals surface area contributed by atoms with Gasteiger partial charge in [0.1, 0.15) is 10.0 Å². The van der Waals surface area contributed by atoms with Crippen LogP contribution in [0.4, 0.5) is 0 Å². The predicted molar refractivity (Wildman–Crippen MR) is 76.6 cm³/mol. The lowest BCUT2D eigenvalue weighted by Crippen LogP contribution is -2.01. The Labute approximate surface area is 112 Å². The van der Waals surface area contributed by atoms with Crippen molar-refractivity contribution in [3.05, 3.63) is 34.8 Å². The van der Waals surface area contributed by atoms with Crippen molar-refractivity contribution >= 4 is 11.3 Å². The second kappa shape index (κ2) is 6.07. The lowest BCUT2D eigenvalue weighted by Gasteiger charge is -2.04. The van der Waals surface area contributed by atoms with Crippen molar-refractivity contribution in [1.82, 2.24) is 10.2 Å². The molecule has 0 aliphatic carbocycles. The van der Waals surface area contributed by atoms with E-state index >= 15 is 0 Å². The summed E-state index contributed by atoms with van der Waals surface area (Å²) in [6.07, 6.45) is 1.93. The lowest BCUT2D eigenvalue weighted by atomic mass is 10.0. The molecule has 0 spiro atoms. The first-order chi connectivity index (χ1) is 8.69. The van der Waals surface area contributed by atoms with Gasteiger partial charge in [-0.15, -0.1) is 10.2 Å². The van der Waals surface area contributed by atoms with E-state index in [2.05, 4.69) is 48.3 Å². The maximum Gasteiger partial charge on any atom is 0.147 e. The Bertz CT molecular complexity index is 488. The Kier molecular flexibility index (Phi) is 4.44. The summed E-state index contributed by atoms with van der Waals surface area (Å²) in [6.45, 7) is 5.09. The van der Waals surface area contributed by atoms with Crippen molar-refractivity contribution in [2.45, 2.75) is 26.7 Å². The first kappa shape index (κ1) is 13.2. The van der Waals surface area contributed by atoms with Crippen LogP contribution in [0.3, 0.4) is 0 Å². The van der Waals surface area contributed by atoms with E-state index in [4.69, 9.17) is 5.73 Å². The van der Waals surface area contributed by atoms with Crippen LogP contribution in [0.25, 0.3) is 10.6 Å². The van der Waals surface area contributed by atoms with E-state index in [9.17, 15) is 0 Å². The summed E-state index contributed by atoms with van der Waals surface area (Å²) in [6, 6.07) is 8.62. The van der Waals surface area contributed by atoms with Crippen molar-refractivity contribution in [3.8, 4) is 10.6 Å². The van der Waals surface area contributed by atoms with Crippen LogP contribution in [0.1, 0.15) is 24.4 Å². The third-order valence-corrected chi connectivity index (χ3v) is 3.70. The van der Waals surface area contributed by atoms with Crippen molar-refractivity contribution in [2.75, 3.05) is 6.54 Å². The summed E-state index contributed by atoms with van der Waals surface area (Å²) in [4.78, 5) is 0. The number of rotatable bonds is 5. The van der Waals surface area contributed by atoms with Gasteiger partial charge in [-0.25, -0.2) is 0 Å². The van der Waals surface area contributed by atoms with Gasteiger partial charge in [-0.3, -0.25) is 0 Å². The van der Waals surface area contributed by atoms with Gasteiger partial charge >= 0.3 is 0 Å². The molecule has 0 amide bonds. The van der Waals surface area contributed by atoms with Gasteiger partial charge in [0.05, 0.1) is 0 Å². The van der Waals surface area contributed by atoms with Crippen LogP contribution < -0.4 is 5.73 Å². The van der Waals surface area contributed by atoms with E-state index in [1.807, 2.05) is 0 Å². The molecule has 1 aromatic carbocycles. The largest absolute Gasteiger partial charge is 0.330 e. The van der Waals surface area contributed by atoms with E-state index in [1.54, 1.807) is 11.3 Å². The van der Waals surface area contributed by atoms with Crippen LogP contribution in [0, 0.1) is 5.92 Å². The van der Waals surface area contributed by atoms with E-state index in [1.165, 1.54) is 5.56 Å². The number of nitrogens with two attached hydrogens (primary N) is 1. The van der Waals surface area contributed by atoms with Crippen LogP contribution in [-0.4, -0.2) is 16.7 Å². The zero-order valence-electron chi connectivity index (χ0n) is 10.9. The number of nitrogens with zero attached hydrogens (tertiary/aromatic N) is 2. The molecule has 0 bridgehead atoms. The van der Waals surface area contributed by atoms with E-state index in [0.717, 1.165) is 28.4 Å². The standard InChI is InChI=1S/C14H19N3S/c1-10(2)9-11-3-5-12(6-4-11)14-17-16-13(18-14)7-8-15/h3-6,10H,7-9,15H2,1-2H3. The first-order valence-corrected chi connectivity index (χ1v) is 7.12. The molecular formula is C14H19N3S. The maximum atomic E-state index is 5.51. The first-order valence-electron chi connectivity index (χ1n) is 6.31. The fraction of sp³-hybridized carbons (Fsp3) is 0.429. The smallest absolute Gasteiger partial charge is 0.147 e. The van der Waals surface area contributed by atoms with Gasteiger partial charge in [0, 0.05) is 12.0 Å². The number of benzene rings is 1. The molecule has 96 valence electrons. The molecule has 2 rings (SSSR count). The monoisotopic (exact) mass is 261 g/mol. The van der Waals surface area contributed by atoms with E-state index < -0.39 is 0 Å². The fourth-order valence-corrected chi connectivity index (χ4v) is 2.71. The third-order valence-electron chi connectivity index (χ3n) is 2.67. The van der Waals surface area contributed by atoms with Gasteiger partial charge in [0.15, 0.2) is 0 Å². The van der Waals surface area contributed by atoms with Gasteiger partial charge < -0.3 is 5.73 Å². The summed E-state index contributed by atoms with van der Waals surface area (Å²) >= 11 is 1.63. The highest BCUT2D eigenvalue weighted by Crippen LogP contribution is 2.24. The van der Waals surface area contributed by atoms with Gasteiger partial charge in [-0.1, -0.05) is 49.4 Å². The molecule has 0 saturated carbocycles. The van der Waals surface area contributed by atoms with Gasteiger partial charge in [0.25, 0.3) is 0 Å². The van der Waals surface area contributed by atoms with Gasteiger partial charge in [0.2, 0.25) is 0 Å². The molecule has 1 aromatic heterocycles. The second-order valence-corrected chi connectivity index (χ2v) is 5.90. The highest BCUT2D eigenvalue weighted by Gasteiger charge is 2.06. The van der Waals surface area contributed by atoms with Crippen molar-refractivity contribution in [1.29, 1.82) is 0 Å². The average molecular weight is 261 g/mol. The highest BCUT2D eigenvalue weighted by atomic mass is 32.1. The maximum absolute atomic E-state index is 5.51. The number of hydrogen-bond donors (Lipinski definition) is 1. The summed E-state index contributed by atoms with van der Waals surface area (Å²) < 4.78 is 0. The molecule has 0 unspecified atom stereocenters. The minimum atomic E-state index is 0.627. The third kappa shape index (κ3) is 3.37. The molecule has 0 aliphatic heterocycles. The number of aromatic nitrogens is 2. The Hall–Kier alpha value is -1.26. The van der Waals surface area contributed by atoms with Crippen LogP contribution in [0.5, 0.6) is 0 Å². The topological polar surface area (TPSA) is 51.8 Å². The fourth-order valence-electron chi connectivity index (χ4n) is 1.85. The van der Waals surface area contributed by atoms with Gasteiger partial charge in [-0.05, 0) is 24.4 Å². The van der Waals surface area contributed by atoms with E-state index in [-0.39, 0.29) is 0 Å². The summed E-state index contributed by atoms with van der Waals surface area (Å²) in [7, 11) is 0. The zero-order chi connectivity index (χ0) is 13.0. The van der Waals surface area contributed by atoms with E-state index in [0.29, 0.717) is 12.5 Å². The molecule has 0 aliphatic rings. The Morgan fingerprint density at radius 1 is 1.17 bits per heavy atom. The Morgan fingerprint density at radius 2 is 1.89 bits per heavy atom. The number of hydrogen-bond acceptors (Lipinski definition) is 4. The summed E-state index contributed by atoms with van der Waals surface area (Å²) in [5, 5.41) is 10.3. The molecular weight excluding hydrogens is 242 g/mol. The minimum Gasteiger partial charge on any atom is -0.330 e. The highest BCUT2D eigenvalue weighted by molar-refractivity contribution is 7.14. The van der Waals surface area contributed by atoms with Crippen molar-refractivity contribution < 1.29 is 0 Å². The van der Waals surface area contributed by atoms with Crippen LogP contribution in [-0.2, 0) is 12.8 Å². The zero-order valence-corrected chi connectivity index (χ0v) is 11.7. The molecule has 4 heteroatoms. The Morgan fingerprint density at radius 3 is 2.50 bits per heavy atom. The van der Waals surface area contributed by atoms with Crippen LogP contribution in [0.15, 0.2) is 24.3 Å².